The van der Waals surface area contributed by atoms with Crippen molar-refractivity contribution in [2.45, 2.75) is 19.0 Å². The second-order valence-corrected chi connectivity index (χ2v) is 8.26. The third kappa shape index (κ3) is 5.32. The Balaban J connectivity index is 1.45. The fourth-order valence-electron chi connectivity index (χ4n) is 3.44. The number of urea groups is 1. The fourth-order valence-corrected chi connectivity index (χ4v) is 3.81. The van der Waals surface area contributed by atoms with Gasteiger partial charge < -0.3 is 20.6 Å². The number of aromatic nitrogens is 2. The van der Waals surface area contributed by atoms with Gasteiger partial charge in [-0.25, -0.2) is 23.5 Å². The van der Waals surface area contributed by atoms with Crippen LogP contribution < -0.4 is 10.6 Å². The first-order chi connectivity index (χ1) is 15.8. The molecular formula is C22H19Cl2F2N5O2. The Kier molecular flexibility index (Phi) is 6.92. The highest BCUT2D eigenvalue weighted by Gasteiger charge is 2.25. The molecule has 0 bridgehead atoms. The first-order valence-corrected chi connectivity index (χ1v) is 10.8. The third-order valence-corrected chi connectivity index (χ3v) is 5.81. The molecule has 7 nitrogen and oxygen atoms in total. The summed E-state index contributed by atoms with van der Waals surface area (Å²) in [6, 6.07) is 7.04. The molecule has 1 aliphatic heterocycles. The smallest absolute Gasteiger partial charge is 0.318 e. The average Bonchev–Trinajstić information content (AvgIpc) is 2.81. The molecule has 1 unspecified atom stereocenters. The normalized spacial score (nSPS) is 13.9. The number of anilines is 2. The SMILES string of the molecule is O=C(NC(CO)c1ccc(F)c(Cl)c1)N1CCc2cnc(Nc3ccc(F)c(Cl)c3)nc2C1. The predicted octanol–water partition coefficient (Wildman–Crippen LogP) is 4.61. The Morgan fingerprint density at radius 3 is 2.58 bits per heavy atom. The molecule has 3 aromatic rings. The third-order valence-electron chi connectivity index (χ3n) is 5.24. The fraction of sp³-hybridized carbons (Fsp3) is 0.227. The van der Waals surface area contributed by atoms with E-state index in [2.05, 4.69) is 20.6 Å². The number of amides is 2. The lowest BCUT2D eigenvalue weighted by atomic mass is 10.1. The molecule has 0 saturated carbocycles. The molecule has 0 saturated heterocycles. The lowest BCUT2D eigenvalue weighted by Gasteiger charge is -2.30. The van der Waals surface area contributed by atoms with Gasteiger partial charge >= 0.3 is 6.03 Å². The monoisotopic (exact) mass is 493 g/mol. The summed E-state index contributed by atoms with van der Waals surface area (Å²) in [5, 5.41) is 15.3. The lowest BCUT2D eigenvalue weighted by molar-refractivity contribution is 0.176. The van der Waals surface area contributed by atoms with Crippen LogP contribution in [0.5, 0.6) is 0 Å². The van der Waals surface area contributed by atoms with Crippen LogP contribution in [0.1, 0.15) is 22.9 Å². The van der Waals surface area contributed by atoms with Gasteiger partial charge in [0.25, 0.3) is 0 Å². The van der Waals surface area contributed by atoms with Gasteiger partial charge in [-0.15, -0.1) is 0 Å². The van der Waals surface area contributed by atoms with Crippen molar-refractivity contribution in [2.24, 2.45) is 0 Å². The van der Waals surface area contributed by atoms with Crippen molar-refractivity contribution < 1.29 is 18.7 Å². The summed E-state index contributed by atoms with van der Waals surface area (Å²) >= 11 is 11.6. The van der Waals surface area contributed by atoms with Crippen LogP contribution in [-0.2, 0) is 13.0 Å². The van der Waals surface area contributed by atoms with Crippen LogP contribution in [0.4, 0.5) is 25.2 Å². The Labute approximate surface area is 198 Å². The number of carbonyl (C=O) groups is 1. The molecule has 2 heterocycles. The zero-order chi connectivity index (χ0) is 23.5. The minimum Gasteiger partial charge on any atom is -0.394 e. The molecule has 0 radical (unpaired) electrons. The van der Waals surface area contributed by atoms with Crippen molar-refractivity contribution in [3.8, 4) is 0 Å². The molecule has 0 aliphatic carbocycles. The number of rotatable bonds is 5. The number of halogens is 4. The van der Waals surface area contributed by atoms with Gasteiger partial charge in [-0.3, -0.25) is 0 Å². The van der Waals surface area contributed by atoms with E-state index < -0.39 is 23.7 Å². The van der Waals surface area contributed by atoms with Crippen LogP contribution in [0.2, 0.25) is 10.0 Å². The predicted molar refractivity (Wildman–Crippen MR) is 121 cm³/mol. The van der Waals surface area contributed by atoms with Gasteiger partial charge in [-0.2, -0.15) is 0 Å². The number of aliphatic hydroxyl groups excluding tert-OH is 1. The molecule has 33 heavy (non-hydrogen) atoms. The Hall–Kier alpha value is -3.01. The first kappa shape index (κ1) is 23.2. The van der Waals surface area contributed by atoms with E-state index in [-0.39, 0.29) is 29.1 Å². The van der Waals surface area contributed by atoms with Crippen LogP contribution in [0, 0.1) is 11.6 Å². The number of hydrogen-bond donors (Lipinski definition) is 3. The quantitative estimate of drug-likeness (QED) is 0.482. The van der Waals surface area contributed by atoms with Gasteiger partial charge in [0.05, 0.1) is 34.9 Å². The second kappa shape index (κ2) is 9.86. The minimum atomic E-state index is -0.747. The summed E-state index contributed by atoms with van der Waals surface area (Å²) in [5.41, 5.74) is 2.58. The van der Waals surface area contributed by atoms with Gasteiger partial charge in [0.1, 0.15) is 11.6 Å². The molecule has 1 aromatic heterocycles. The van der Waals surface area contributed by atoms with Crippen LogP contribution in [0.15, 0.2) is 42.6 Å². The van der Waals surface area contributed by atoms with Crippen molar-refractivity contribution in [2.75, 3.05) is 18.5 Å². The maximum absolute atomic E-state index is 13.4. The number of carbonyl (C=O) groups excluding carboxylic acids is 1. The molecule has 1 aliphatic rings. The number of aliphatic hydroxyl groups is 1. The summed E-state index contributed by atoms with van der Waals surface area (Å²) in [6.45, 7) is 0.282. The van der Waals surface area contributed by atoms with E-state index >= 15 is 0 Å². The zero-order valence-corrected chi connectivity index (χ0v) is 18.7. The van der Waals surface area contributed by atoms with E-state index in [1.165, 1.54) is 36.4 Å². The molecule has 11 heteroatoms. The number of hydrogen-bond acceptors (Lipinski definition) is 5. The standard InChI is InChI=1S/C22H19Cl2F2N5O2/c23-15-7-12(1-3-17(15)25)20(11-32)30-22(33)31-6-5-13-9-27-21(29-19(13)10-31)28-14-2-4-18(26)16(24)8-14/h1-4,7-9,20,32H,5-6,10-11H2,(H,30,33)(H,27,28,29). The maximum Gasteiger partial charge on any atom is 0.318 e. The molecule has 0 fully saturated rings. The van der Waals surface area contributed by atoms with Crippen LogP contribution in [0.25, 0.3) is 0 Å². The number of nitrogens with one attached hydrogen (secondary N) is 2. The van der Waals surface area contributed by atoms with E-state index in [0.717, 1.165) is 5.56 Å². The molecule has 1 atom stereocenters. The van der Waals surface area contributed by atoms with Crippen molar-refractivity contribution in [1.82, 2.24) is 20.2 Å². The average molecular weight is 494 g/mol. The highest BCUT2D eigenvalue weighted by Crippen LogP contribution is 2.24. The lowest BCUT2D eigenvalue weighted by Crippen LogP contribution is -2.45. The van der Waals surface area contributed by atoms with Crippen LogP contribution in [-0.4, -0.2) is 39.2 Å². The molecule has 172 valence electrons. The summed E-state index contributed by atoms with van der Waals surface area (Å²) in [5.74, 6) is -0.824. The molecule has 4 rings (SSSR count). The Morgan fingerprint density at radius 1 is 1.15 bits per heavy atom. The number of benzene rings is 2. The largest absolute Gasteiger partial charge is 0.394 e. The van der Waals surface area contributed by atoms with Crippen molar-refractivity contribution in [3.05, 3.63) is 81.1 Å². The first-order valence-electron chi connectivity index (χ1n) is 10.0. The minimum absolute atomic E-state index is 0.0262. The van der Waals surface area contributed by atoms with E-state index in [0.29, 0.717) is 29.9 Å². The summed E-state index contributed by atoms with van der Waals surface area (Å²) in [4.78, 5) is 23.1. The van der Waals surface area contributed by atoms with Crippen molar-refractivity contribution in [3.63, 3.8) is 0 Å². The van der Waals surface area contributed by atoms with Gasteiger partial charge in [-0.05, 0) is 47.9 Å². The second-order valence-electron chi connectivity index (χ2n) is 7.45. The Bertz CT molecular complexity index is 1200. The summed E-state index contributed by atoms with van der Waals surface area (Å²) < 4.78 is 26.8. The molecule has 2 aromatic carbocycles. The summed E-state index contributed by atoms with van der Waals surface area (Å²) in [7, 11) is 0. The Morgan fingerprint density at radius 2 is 1.88 bits per heavy atom. The van der Waals surface area contributed by atoms with Gasteiger partial charge in [0.2, 0.25) is 5.95 Å². The topological polar surface area (TPSA) is 90.4 Å². The number of fused-ring (bicyclic) bond motifs is 1. The van der Waals surface area contributed by atoms with Gasteiger partial charge in [-0.1, -0.05) is 29.3 Å². The van der Waals surface area contributed by atoms with E-state index in [4.69, 9.17) is 23.2 Å². The van der Waals surface area contributed by atoms with E-state index in [9.17, 15) is 18.7 Å². The number of nitrogens with zero attached hydrogens (tertiary/aromatic N) is 3. The molecule has 3 N–H and O–H groups in total. The van der Waals surface area contributed by atoms with E-state index in [1.54, 1.807) is 11.1 Å². The zero-order valence-electron chi connectivity index (χ0n) is 17.2. The molecule has 0 spiro atoms. The van der Waals surface area contributed by atoms with Gasteiger partial charge in [0, 0.05) is 18.4 Å². The molecule has 2 amide bonds. The molecular weight excluding hydrogens is 475 g/mol. The van der Waals surface area contributed by atoms with Gasteiger partial charge in [0.15, 0.2) is 0 Å². The summed E-state index contributed by atoms with van der Waals surface area (Å²) in [6.07, 6.45) is 2.24. The van der Waals surface area contributed by atoms with Crippen LogP contribution in [0.3, 0.4) is 0 Å². The van der Waals surface area contributed by atoms with E-state index in [1.807, 2.05) is 0 Å². The van der Waals surface area contributed by atoms with Crippen LogP contribution >= 0.6 is 23.2 Å². The highest BCUT2D eigenvalue weighted by atomic mass is 35.5. The van der Waals surface area contributed by atoms with Crippen molar-refractivity contribution >= 4 is 40.9 Å². The van der Waals surface area contributed by atoms with Crippen molar-refractivity contribution in [1.29, 1.82) is 0 Å². The highest BCUT2D eigenvalue weighted by molar-refractivity contribution is 6.31. The maximum atomic E-state index is 13.4.